The molecule has 1 fully saturated rings. The smallest absolute Gasteiger partial charge is 0.230 e. The quantitative estimate of drug-likeness (QED) is 0.745. The molecule has 16 heavy (non-hydrogen) atoms. The molecule has 1 aliphatic rings. The molecule has 0 radical (unpaired) electrons. The van der Waals surface area contributed by atoms with E-state index in [9.17, 15) is 4.79 Å². The lowest BCUT2D eigenvalue weighted by molar-refractivity contribution is -0.122. The first-order valence-electron chi connectivity index (χ1n) is 6.03. The molecule has 2 rings (SSSR count). The molecule has 1 aromatic carbocycles. The molecule has 0 heterocycles. The number of hydrogen-bond donors (Lipinski definition) is 0. The summed E-state index contributed by atoms with van der Waals surface area (Å²) in [4.78, 5) is 14.1. The van der Waals surface area contributed by atoms with Gasteiger partial charge in [0.05, 0.1) is 0 Å². The zero-order valence-electron chi connectivity index (χ0n) is 10.0. The van der Waals surface area contributed by atoms with Crippen LogP contribution in [0.2, 0.25) is 0 Å². The fraction of sp³-hybridized carbons (Fsp3) is 0.500. The largest absolute Gasteiger partial charge is 0.315 e. The van der Waals surface area contributed by atoms with E-state index in [0.717, 1.165) is 12.1 Å². The van der Waals surface area contributed by atoms with E-state index >= 15 is 0 Å². The van der Waals surface area contributed by atoms with Crippen LogP contribution < -0.4 is 4.90 Å². The summed E-state index contributed by atoms with van der Waals surface area (Å²) in [6.07, 6.45) is 3.44. The number of benzene rings is 1. The zero-order valence-corrected chi connectivity index (χ0v) is 10.0. The Hall–Kier alpha value is -1.31. The third-order valence-electron chi connectivity index (χ3n) is 3.65. The van der Waals surface area contributed by atoms with Gasteiger partial charge in [0.1, 0.15) is 0 Å². The molecule has 2 nitrogen and oxygen atoms in total. The van der Waals surface area contributed by atoms with Crippen molar-refractivity contribution in [2.45, 2.75) is 26.2 Å². The highest BCUT2D eigenvalue weighted by molar-refractivity contribution is 5.94. The van der Waals surface area contributed by atoms with Crippen LogP contribution in [0.25, 0.3) is 0 Å². The first-order valence-corrected chi connectivity index (χ1v) is 6.03. The Morgan fingerprint density at radius 2 is 1.94 bits per heavy atom. The topological polar surface area (TPSA) is 20.3 Å². The SMILES string of the molecule is C[C@@H]1CCC[C@H]1C(=O)N(C)c1ccccc1. The van der Waals surface area contributed by atoms with Gasteiger partial charge < -0.3 is 4.90 Å². The van der Waals surface area contributed by atoms with E-state index in [0.29, 0.717) is 5.92 Å². The van der Waals surface area contributed by atoms with Gasteiger partial charge in [-0.1, -0.05) is 31.5 Å². The van der Waals surface area contributed by atoms with E-state index in [-0.39, 0.29) is 11.8 Å². The highest BCUT2D eigenvalue weighted by atomic mass is 16.2. The Morgan fingerprint density at radius 1 is 1.25 bits per heavy atom. The summed E-state index contributed by atoms with van der Waals surface area (Å²) in [6, 6.07) is 9.88. The summed E-state index contributed by atoms with van der Waals surface area (Å²) in [5.41, 5.74) is 0.992. The lowest BCUT2D eigenvalue weighted by Crippen LogP contribution is -2.33. The number of anilines is 1. The van der Waals surface area contributed by atoms with E-state index < -0.39 is 0 Å². The van der Waals surface area contributed by atoms with Crippen molar-refractivity contribution in [3.8, 4) is 0 Å². The molecule has 86 valence electrons. The Morgan fingerprint density at radius 3 is 2.50 bits per heavy atom. The molecular formula is C14H19NO. The molecular weight excluding hydrogens is 198 g/mol. The highest BCUT2D eigenvalue weighted by Gasteiger charge is 2.31. The van der Waals surface area contributed by atoms with Gasteiger partial charge in [-0.2, -0.15) is 0 Å². The molecule has 0 unspecified atom stereocenters. The van der Waals surface area contributed by atoms with Gasteiger partial charge in [0, 0.05) is 18.7 Å². The van der Waals surface area contributed by atoms with E-state index in [4.69, 9.17) is 0 Å². The van der Waals surface area contributed by atoms with E-state index in [1.165, 1.54) is 12.8 Å². The van der Waals surface area contributed by atoms with Gasteiger partial charge in [-0.25, -0.2) is 0 Å². The predicted molar refractivity (Wildman–Crippen MR) is 66.4 cm³/mol. The molecule has 0 bridgehead atoms. The standard InChI is InChI=1S/C14H19NO/c1-11-7-6-10-13(11)14(16)15(2)12-8-4-3-5-9-12/h3-5,8-9,11,13H,6-7,10H2,1-2H3/t11-,13-/m1/s1. The summed E-state index contributed by atoms with van der Waals surface area (Å²) in [6.45, 7) is 2.19. The predicted octanol–water partition coefficient (Wildman–Crippen LogP) is 3.09. The Kier molecular flexibility index (Phi) is 3.28. The lowest BCUT2D eigenvalue weighted by atomic mass is 9.96. The third kappa shape index (κ3) is 2.11. The van der Waals surface area contributed by atoms with E-state index in [1.54, 1.807) is 4.90 Å². The molecule has 1 saturated carbocycles. The Balaban J connectivity index is 2.10. The van der Waals surface area contributed by atoms with Gasteiger partial charge in [0.15, 0.2) is 0 Å². The van der Waals surface area contributed by atoms with Crippen molar-refractivity contribution in [3.05, 3.63) is 30.3 Å². The minimum absolute atomic E-state index is 0.227. The second-order valence-electron chi connectivity index (χ2n) is 4.75. The average molecular weight is 217 g/mol. The van der Waals surface area contributed by atoms with Crippen LogP contribution >= 0.6 is 0 Å². The van der Waals surface area contributed by atoms with Crippen LogP contribution in [-0.4, -0.2) is 13.0 Å². The summed E-state index contributed by atoms with van der Waals surface area (Å²) < 4.78 is 0. The van der Waals surface area contributed by atoms with Gasteiger partial charge in [0.25, 0.3) is 0 Å². The summed E-state index contributed by atoms with van der Waals surface area (Å²) in [7, 11) is 1.88. The minimum Gasteiger partial charge on any atom is -0.315 e. The lowest BCUT2D eigenvalue weighted by Gasteiger charge is -2.23. The maximum absolute atomic E-state index is 12.3. The summed E-state index contributed by atoms with van der Waals surface area (Å²) in [5, 5.41) is 0. The molecule has 2 atom stereocenters. The number of nitrogens with zero attached hydrogens (tertiary/aromatic N) is 1. The molecule has 0 saturated heterocycles. The van der Waals surface area contributed by atoms with Crippen molar-refractivity contribution in [3.63, 3.8) is 0 Å². The fourth-order valence-electron chi connectivity index (χ4n) is 2.54. The normalized spacial score (nSPS) is 24.4. The van der Waals surface area contributed by atoms with E-state index in [1.807, 2.05) is 37.4 Å². The molecule has 2 heteroatoms. The second-order valence-corrected chi connectivity index (χ2v) is 4.75. The van der Waals surface area contributed by atoms with Crippen LogP contribution in [0.5, 0.6) is 0 Å². The number of para-hydroxylation sites is 1. The van der Waals surface area contributed by atoms with Gasteiger partial charge in [-0.3, -0.25) is 4.79 Å². The molecule has 0 spiro atoms. The van der Waals surface area contributed by atoms with Crippen molar-refractivity contribution in [2.24, 2.45) is 11.8 Å². The van der Waals surface area contributed by atoms with Crippen LogP contribution in [0, 0.1) is 11.8 Å². The third-order valence-corrected chi connectivity index (χ3v) is 3.65. The number of carbonyl (C=O) groups excluding carboxylic acids is 1. The summed E-state index contributed by atoms with van der Waals surface area (Å²) >= 11 is 0. The number of hydrogen-bond acceptors (Lipinski definition) is 1. The average Bonchev–Trinajstić information content (AvgIpc) is 2.75. The minimum atomic E-state index is 0.227. The maximum atomic E-state index is 12.3. The zero-order chi connectivity index (χ0) is 11.5. The number of amides is 1. The molecule has 1 aliphatic carbocycles. The van der Waals surface area contributed by atoms with Crippen LogP contribution in [0.1, 0.15) is 26.2 Å². The van der Waals surface area contributed by atoms with Crippen molar-refractivity contribution in [2.75, 3.05) is 11.9 Å². The summed E-state index contributed by atoms with van der Waals surface area (Å²) in [5.74, 6) is 1.04. The first kappa shape index (κ1) is 11.2. The van der Waals surface area contributed by atoms with Gasteiger partial charge in [-0.15, -0.1) is 0 Å². The maximum Gasteiger partial charge on any atom is 0.230 e. The van der Waals surface area contributed by atoms with Crippen LogP contribution in [0.4, 0.5) is 5.69 Å². The van der Waals surface area contributed by atoms with Gasteiger partial charge >= 0.3 is 0 Å². The van der Waals surface area contributed by atoms with Crippen LogP contribution in [0.15, 0.2) is 30.3 Å². The second kappa shape index (κ2) is 4.69. The Bertz CT molecular complexity index is 360. The molecule has 0 N–H and O–H groups in total. The van der Waals surface area contributed by atoms with Crippen LogP contribution in [-0.2, 0) is 4.79 Å². The first-order chi connectivity index (χ1) is 7.70. The van der Waals surface area contributed by atoms with Crippen molar-refractivity contribution >= 4 is 11.6 Å². The molecule has 0 aromatic heterocycles. The number of carbonyl (C=O) groups is 1. The number of rotatable bonds is 2. The Labute approximate surface area is 97.3 Å². The molecule has 0 aliphatic heterocycles. The fourth-order valence-corrected chi connectivity index (χ4v) is 2.54. The van der Waals surface area contributed by atoms with Gasteiger partial charge in [0.2, 0.25) is 5.91 Å². The van der Waals surface area contributed by atoms with E-state index in [2.05, 4.69) is 6.92 Å². The van der Waals surface area contributed by atoms with Crippen molar-refractivity contribution in [1.82, 2.24) is 0 Å². The highest BCUT2D eigenvalue weighted by Crippen LogP contribution is 2.33. The van der Waals surface area contributed by atoms with Crippen molar-refractivity contribution in [1.29, 1.82) is 0 Å². The van der Waals surface area contributed by atoms with Crippen LogP contribution in [0.3, 0.4) is 0 Å². The van der Waals surface area contributed by atoms with Crippen molar-refractivity contribution < 1.29 is 4.79 Å². The monoisotopic (exact) mass is 217 g/mol. The molecule has 1 amide bonds. The van der Waals surface area contributed by atoms with Gasteiger partial charge in [-0.05, 0) is 30.9 Å². The molecule has 1 aromatic rings.